The number of fused-ring (bicyclic) bond motifs is 2. The number of nitrogens with zero attached hydrogens (tertiary/aromatic N) is 1. The van der Waals surface area contributed by atoms with Crippen LogP contribution in [0.2, 0.25) is 0 Å². The number of aryl methyl sites for hydroxylation is 1. The molecular formula is C23H27NO2S. The Hall–Kier alpha value is -2.20. The van der Waals surface area contributed by atoms with E-state index in [-0.39, 0.29) is 17.4 Å². The average Bonchev–Trinajstić information content (AvgIpc) is 2.65. The van der Waals surface area contributed by atoms with Gasteiger partial charge in [-0.05, 0) is 50.5 Å². The van der Waals surface area contributed by atoms with Gasteiger partial charge in [0.25, 0.3) is 5.91 Å². The SMILES string of the molecule is CCC(C)N(CC(C)C)C(=O)c1cccc2sc3ccc(C)cc3c(=O)c12. The van der Waals surface area contributed by atoms with Crippen LogP contribution in [0.15, 0.2) is 41.2 Å². The van der Waals surface area contributed by atoms with Crippen molar-refractivity contribution in [3.05, 3.63) is 57.7 Å². The predicted molar refractivity (Wildman–Crippen MR) is 116 cm³/mol. The van der Waals surface area contributed by atoms with E-state index in [4.69, 9.17) is 0 Å². The molecule has 1 aromatic heterocycles. The van der Waals surface area contributed by atoms with Crippen LogP contribution in [0.1, 0.15) is 50.0 Å². The largest absolute Gasteiger partial charge is 0.336 e. The second-order valence-corrected chi connectivity index (χ2v) is 8.80. The van der Waals surface area contributed by atoms with Gasteiger partial charge in [-0.3, -0.25) is 9.59 Å². The van der Waals surface area contributed by atoms with E-state index in [0.29, 0.717) is 28.8 Å². The number of rotatable bonds is 5. The van der Waals surface area contributed by atoms with Crippen molar-refractivity contribution in [2.45, 2.75) is 47.1 Å². The molecule has 0 N–H and O–H groups in total. The lowest BCUT2D eigenvalue weighted by Gasteiger charge is -2.30. The standard InChI is InChI=1S/C23H27NO2S/c1-6-16(5)24(13-14(2)3)23(26)17-8-7-9-20-21(17)22(25)18-12-15(4)10-11-19(18)27-20/h7-12,14,16H,6,13H2,1-5H3. The maximum atomic E-state index is 13.4. The molecule has 1 heterocycles. The smallest absolute Gasteiger partial charge is 0.254 e. The zero-order valence-corrected chi connectivity index (χ0v) is 17.5. The van der Waals surface area contributed by atoms with Gasteiger partial charge in [0.2, 0.25) is 0 Å². The van der Waals surface area contributed by atoms with Crippen LogP contribution in [-0.4, -0.2) is 23.4 Å². The highest BCUT2D eigenvalue weighted by Crippen LogP contribution is 2.28. The minimum Gasteiger partial charge on any atom is -0.336 e. The molecule has 0 radical (unpaired) electrons. The molecule has 3 aromatic rings. The Kier molecular flexibility index (Phi) is 5.66. The molecule has 3 nitrogen and oxygen atoms in total. The van der Waals surface area contributed by atoms with Crippen LogP contribution in [0.4, 0.5) is 0 Å². The summed E-state index contributed by atoms with van der Waals surface area (Å²) in [6.45, 7) is 11.1. The van der Waals surface area contributed by atoms with Crippen LogP contribution in [0, 0.1) is 12.8 Å². The number of amides is 1. The first-order chi connectivity index (χ1) is 12.8. The van der Waals surface area contributed by atoms with E-state index in [1.165, 1.54) is 0 Å². The van der Waals surface area contributed by atoms with Gasteiger partial charge >= 0.3 is 0 Å². The molecule has 4 heteroatoms. The monoisotopic (exact) mass is 381 g/mol. The molecule has 0 spiro atoms. The first-order valence-electron chi connectivity index (χ1n) is 9.60. The predicted octanol–water partition coefficient (Wildman–Crippen LogP) is 5.62. The third-order valence-corrected chi connectivity index (χ3v) is 6.16. The summed E-state index contributed by atoms with van der Waals surface area (Å²) in [6.07, 6.45) is 0.887. The Bertz CT molecular complexity index is 1050. The second-order valence-electron chi connectivity index (χ2n) is 7.72. The van der Waals surface area contributed by atoms with Crippen LogP contribution in [-0.2, 0) is 0 Å². The van der Waals surface area contributed by atoms with Crippen molar-refractivity contribution >= 4 is 37.4 Å². The second kappa shape index (κ2) is 7.81. The number of hydrogen-bond donors (Lipinski definition) is 0. The summed E-state index contributed by atoms with van der Waals surface area (Å²) in [5, 5.41) is 1.26. The van der Waals surface area contributed by atoms with Gasteiger partial charge in [-0.15, -0.1) is 11.3 Å². The zero-order chi connectivity index (χ0) is 19.7. The Balaban J connectivity index is 2.24. The van der Waals surface area contributed by atoms with Crippen molar-refractivity contribution in [3.63, 3.8) is 0 Å². The van der Waals surface area contributed by atoms with Crippen LogP contribution in [0.5, 0.6) is 0 Å². The Morgan fingerprint density at radius 2 is 1.85 bits per heavy atom. The van der Waals surface area contributed by atoms with Crippen LogP contribution in [0.25, 0.3) is 20.2 Å². The minimum atomic E-state index is -0.0417. The van der Waals surface area contributed by atoms with Gasteiger partial charge in [0.05, 0.1) is 10.9 Å². The Morgan fingerprint density at radius 1 is 1.11 bits per heavy atom. The normalized spacial score (nSPS) is 12.7. The fraction of sp³-hybridized carbons (Fsp3) is 0.391. The molecule has 0 saturated heterocycles. The summed E-state index contributed by atoms with van der Waals surface area (Å²) in [4.78, 5) is 28.6. The number of carbonyl (C=O) groups excluding carboxylic acids is 1. The maximum absolute atomic E-state index is 13.4. The zero-order valence-electron chi connectivity index (χ0n) is 16.7. The topological polar surface area (TPSA) is 37.4 Å². The fourth-order valence-corrected chi connectivity index (χ4v) is 4.51. The van der Waals surface area contributed by atoms with Gasteiger partial charge in [0.15, 0.2) is 5.43 Å². The lowest BCUT2D eigenvalue weighted by molar-refractivity contribution is 0.0665. The lowest BCUT2D eigenvalue weighted by Crippen LogP contribution is -2.41. The summed E-state index contributed by atoms with van der Waals surface area (Å²) >= 11 is 1.57. The van der Waals surface area contributed by atoms with Crippen molar-refractivity contribution in [1.82, 2.24) is 4.90 Å². The molecule has 1 amide bonds. The molecule has 27 heavy (non-hydrogen) atoms. The molecular weight excluding hydrogens is 354 g/mol. The third kappa shape index (κ3) is 3.77. The highest BCUT2D eigenvalue weighted by molar-refractivity contribution is 7.24. The van der Waals surface area contributed by atoms with Crippen molar-refractivity contribution in [3.8, 4) is 0 Å². The molecule has 2 aromatic carbocycles. The summed E-state index contributed by atoms with van der Waals surface area (Å²) in [7, 11) is 0. The highest BCUT2D eigenvalue weighted by atomic mass is 32.1. The van der Waals surface area contributed by atoms with Gasteiger partial charge in [0, 0.05) is 27.4 Å². The van der Waals surface area contributed by atoms with Crippen LogP contribution < -0.4 is 5.43 Å². The average molecular weight is 382 g/mol. The molecule has 3 rings (SSSR count). The van der Waals surface area contributed by atoms with E-state index in [1.807, 2.05) is 42.2 Å². The van der Waals surface area contributed by atoms with Gasteiger partial charge in [-0.1, -0.05) is 38.5 Å². The Morgan fingerprint density at radius 3 is 2.52 bits per heavy atom. The van der Waals surface area contributed by atoms with Crippen molar-refractivity contribution in [2.75, 3.05) is 6.54 Å². The molecule has 0 aliphatic heterocycles. The molecule has 1 atom stereocenters. The van der Waals surface area contributed by atoms with Crippen molar-refractivity contribution in [2.24, 2.45) is 5.92 Å². The molecule has 0 saturated carbocycles. The summed E-state index contributed by atoms with van der Waals surface area (Å²) in [5.74, 6) is 0.330. The molecule has 0 bridgehead atoms. The van der Waals surface area contributed by atoms with Crippen LogP contribution >= 0.6 is 11.3 Å². The molecule has 0 fully saturated rings. The molecule has 142 valence electrons. The molecule has 0 aliphatic carbocycles. The molecule has 1 unspecified atom stereocenters. The first-order valence-corrected chi connectivity index (χ1v) is 10.4. The molecule has 0 aliphatic rings. The van der Waals surface area contributed by atoms with E-state index in [0.717, 1.165) is 21.4 Å². The minimum absolute atomic E-state index is 0.0416. The van der Waals surface area contributed by atoms with E-state index < -0.39 is 0 Å². The quantitative estimate of drug-likeness (QED) is 0.538. The third-order valence-electron chi connectivity index (χ3n) is 5.03. The maximum Gasteiger partial charge on any atom is 0.254 e. The number of carbonyl (C=O) groups is 1. The lowest BCUT2D eigenvalue weighted by atomic mass is 10.0. The summed E-state index contributed by atoms with van der Waals surface area (Å²) in [6, 6.07) is 11.7. The summed E-state index contributed by atoms with van der Waals surface area (Å²) in [5.41, 5.74) is 1.54. The van der Waals surface area contributed by atoms with Crippen LogP contribution in [0.3, 0.4) is 0 Å². The van der Waals surface area contributed by atoms with Gasteiger partial charge in [-0.2, -0.15) is 0 Å². The van der Waals surface area contributed by atoms with Gasteiger partial charge < -0.3 is 4.90 Å². The summed E-state index contributed by atoms with van der Waals surface area (Å²) < 4.78 is 1.83. The fourth-order valence-electron chi connectivity index (χ4n) is 3.42. The van der Waals surface area contributed by atoms with E-state index in [9.17, 15) is 9.59 Å². The van der Waals surface area contributed by atoms with Gasteiger partial charge in [-0.25, -0.2) is 0 Å². The highest BCUT2D eigenvalue weighted by Gasteiger charge is 2.24. The number of benzene rings is 2. The Labute approximate surface area is 164 Å². The van der Waals surface area contributed by atoms with Gasteiger partial charge in [0.1, 0.15) is 0 Å². The van der Waals surface area contributed by atoms with Crippen molar-refractivity contribution in [1.29, 1.82) is 0 Å². The van der Waals surface area contributed by atoms with E-state index >= 15 is 0 Å². The first kappa shape index (κ1) is 19.6. The number of hydrogen-bond acceptors (Lipinski definition) is 3. The van der Waals surface area contributed by atoms with Crippen molar-refractivity contribution < 1.29 is 4.79 Å². The van der Waals surface area contributed by atoms with E-state index in [2.05, 4.69) is 27.7 Å². The van der Waals surface area contributed by atoms with E-state index in [1.54, 1.807) is 17.4 Å².